The van der Waals surface area contributed by atoms with Crippen molar-refractivity contribution in [2.45, 2.75) is 19.3 Å². The molecule has 0 saturated carbocycles. The van der Waals surface area contributed by atoms with Gasteiger partial charge in [0.25, 0.3) is 0 Å². The van der Waals surface area contributed by atoms with Crippen molar-refractivity contribution in [1.82, 2.24) is 0 Å². The number of aldehydes is 1. The minimum Gasteiger partial charge on any atom is -0.508 e. The molecular formula is C10H12O3. The van der Waals surface area contributed by atoms with E-state index >= 15 is 0 Å². The Morgan fingerprint density at radius 3 is 2.77 bits per heavy atom. The molecule has 3 nitrogen and oxygen atoms in total. The van der Waals surface area contributed by atoms with E-state index in [1.807, 2.05) is 0 Å². The zero-order valence-electron chi connectivity index (χ0n) is 7.23. The molecule has 0 radical (unpaired) electrons. The van der Waals surface area contributed by atoms with E-state index in [-0.39, 0.29) is 11.5 Å². The number of hydrogen-bond donors (Lipinski definition) is 2. The van der Waals surface area contributed by atoms with Crippen LogP contribution in [0, 0.1) is 0 Å². The first-order valence-electron chi connectivity index (χ1n) is 4.18. The van der Waals surface area contributed by atoms with Crippen LogP contribution in [-0.2, 0) is 11.2 Å². The second-order valence-corrected chi connectivity index (χ2v) is 2.87. The van der Waals surface area contributed by atoms with Gasteiger partial charge in [-0.1, -0.05) is 0 Å². The molecule has 1 aromatic carbocycles. The predicted octanol–water partition coefficient (Wildman–Crippen LogP) is 1.62. The fraction of sp³-hybridized carbons (Fsp3) is 0.300. The second-order valence-electron chi connectivity index (χ2n) is 2.87. The van der Waals surface area contributed by atoms with Crippen molar-refractivity contribution in [2.24, 2.45) is 0 Å². The van der Waals surface area contributed by atoms with Gasteiger partial charge < -0.3 is 15.0 Å². The molecule has 3 heteroatoms. The Morgan fingerprint density at radius 2 is 2.08 bits per heavy atom. The van der Waals surface area contributed by atoms with Crippen molar-refractivity contribution in [3.63, 3.8) is 0 Å². The average molecular weight is 180 g/mol. The number of aromatic hydroxyl groups is 2. The van der Waals surface area contributed by atoms with Crippen molar-refractivity contribution in [3.05, 3.63) is 23.8 Å². The number of phenolic OH excluding ortho intramolecular Hbond substituents is 2. The molecule has 0 unspecified atom stereocenters. The number of benzene rings is 1. The van der Waals surface area contributed by atoms with Crippen LogP contribution in [0.5, 0.6) is 11.5 Å². The lowest BCUT2D eigenvalue weighted by Gasteiger charge is -2.03. The van der Waals surface area contributed by atoms with Gasteiger partial charge in [0, 0.05) is 6.42 Å². The van der Waals surface area contributed by atoms with E-state index in [2.05, 4.69) is 0 Å². The Kier molecular flexibility index (Phi) is 3.31. The van der Waals surface area contributed by atoms with Crippen LogP contribution in [0.3, 0.4) is 0 Å². The third kappa shape index (κ3) is 2.78. The molecule has 0 atom stereocenters. The van der Waals surface area contributed by atoms with Crippen LogP contribution in [0.15, 0.2) is 18.2 Å². The van der Waals surface area contributed by atoms with Crippen molar-refractivity contribution in [2.75, 3.05) is 0 Å². The van der Waals surface area contributed by atoms with E-state index in [1.54, 1.807) is 0 Å². The van der Waals surface area contributed by atoms with E-state index < -0.39 is 0 Å². The maximum absolute atomic E-state index is 10.0. The number of unbranched alkanes of at least 4 members (excludes halogenated alkanes) is 1. The molecule has 0 amide bonds. The molecule has 2 N–H and O–H groups in total. The van der Waals surface area contributed by atoms with Gasteiger partial charge in [-0.25, -0.2) is 0 Å². The van der Waals surface area contributed by atoms with Crippen LogP contribution >= 0.6 is 0 Å². The van der Waals surface area contributed by atoms with Crippen LogP contribution in [0.4, 0.5) is 0 Å². The lowest BCUT2D eigenvalue weighted by Crippen LogP contribution is -1.86. The number of phenols is 2. The summed E-state index contributed by atoms with van der Waals surface area (Å²) in [4.78, 5) is 10.0. The molecule has 13 heavy (non-hydrogen) atoms. The number of aryl methyl sites for hydroxylation is 1. The summed E-state index contributed by atoms with van der Waals surface area (Å²) in [5, 5.41) is 18.4. The summed E-state index contributed by atoms with van der Waals surface area (Å²) in [7, 11) is 0. The van der Waals surface area contributed by atoms with Crippen LogP contribution in [-0.4, -0.2) is 16.5 Å². The Hall–Kier alpha value is -1.51. The molecule has 1 rings (SSSR count). The number of carbonyl (C=O) groups is 1. The van der Waals surface area contributed by atoms with Gasteiger partial charge in [-0.3, -0.25) is 0 Å². The molecule has 0 aliphatic carbocycles. The molecule has 0 aliphatic heterocycles. The fourth-order valence-electron chi connectivity index (χ4n) is 1.15. The van der Waals surface area contributed by atoms with Crippen molar-refractivity contribution in [3.8, 4) is 11.5 Å². The maximum Gasteiger partial charge on any atom is 0.120 e. The highest BCUT2D eigenvalue weighted by atomic mass is 16.3. The smallest absolute Gasteiger partial charge is 0.120 e. The number of rotatable bonds is 4. The lowest BCUT2D eigenvalue weighted by molar-refractivity contribution is -0.107. The van der Waals surface area contributed by atoms with E-state index in [4.69, 9.17) is 5.11 Å². The molecule has 0 spiro atoms. The highest BCUT2D eigenvalue weighted by Crippen LogP contribution is 2.23. The first-order valence-corrected chi connectivity index (χ1v) is 4.18. The summed E-state index contributed by atoms with van der Waals surface area (Å²) in [6.45, 7) is 0. The SMILES string of the molecule is O=CCCCc1cc(O)ccc1O. The zero-order valence-corrected chi connectivity index (χ0v) is 7.23. The van der Waals surface area contributed by atoms with E-state index in [1.165, 1.54) is 18.2 Å². The van der Waals surface area contributed by atoms with E-state index in [0.717, 1.165) is 6.29 Å². The maximum atomic E-state index is 10.0. The monoisotopic (exact) mass is 180 g/mol. The minimum atomic E-state index is 0.138. The second kappa shape index (κ2) is 4.50. The molecule has 0 fully saturated rings. The van der Waals surface area contributed by atoms with Crippen LogP contribution in [0.25, 0.3) is 0 Å². The molecular weight excluding hydrogens is 168 g/mol. The summed E-state index contributed by atoms with van der Waals surface area (Å²) in [6, 6.07) is 4.39. The van der Waals surface area contributed by atoms with Crippen LogP contribution in [0.2, 0.25) is 0 Å². The average Bonchev–Trinajstić information content (AvgIpc) is 2.11. The first-order chi connectivity index (χ1) is 6.24. The van der Waals surface area contributed by atoms with Gasteiger partial charge in [-0.05, 0) is 36.6 Å². The Labute approximate surface area is 76.6 Å². The quantitative estimate of drug-likeness (QED) is 0.420. The van der Waals surface area contributed by atoms with Crippen molar-refractivity contribution in [1.29, 1.82) is 0 Å². The summed E-state index contributed by atoms with van der Waals surface area (Å²) in [5.41, 5.74) is 0.682. The Balaban J connectivity index is 2.64. The lowest BCUT2D eigenvalue weighted by atomic mass is 10.1. The Morgan fingerprint density at radius 1 is 1.31 bits per heavy atom. The van der Waals surface area contributed by atoms with Gasteiger partial charge in [-0.15, -0.1) is 0 Å². The highest BCUT2D eigenvalue weighted by Gasteiger charge is 2.01. The normalized spacial score (nSPS) is 9.85. The molecule has 0 bridgehead atoms. The van der Waals surface area contributed by atoms with Gasteiger partial charge in [0.2, 0.25) is 0 Å². The number of carbonyl (C=O) groups excluding carboxylic acids is 1. The largest absolute Gasteiger partial charge is 0.508 e. The summed E-state index contributed by atoms with van der Waals surface area (Å²) < 4.78 is 0. The molecule has 0 heterocycles. The van der Waals surface area contributed by atoms with Crippen molar-refractivity contribution < 1.29 is 15.0 Å². The minimum absolute atomic E-state index is 0.138. The molecule has 0 saturated heterocycles. The fourth-order valence-corrected chi connectivity index (χ4v) is 1.15. The Bertz CT molecular complexity index is 294. The van der Waals surface area contributed by atoms with E-state index in [0.29, 0.717) is 24.8 Å². The summed E-state index contributed by atoms with van der Waals surface area (Å²) in [5.74, 6) is 0.308. The summed E-state index contributed by atoms with van der Waals surface area (Å²) in [6.07, 6.45) is 2.63. The predicted molar refractivity (Wildman–Crippen MR) is 48.8 cm³/mol. The van der Waals surface area contributed by atoms with Gasteiger partial charge in [0.15, 0.2) is 0 Å². The van der Waals surface area contributed by atoms with Gasteiger partial charge in [0.05, 0.1) is 0 Å². The third-order valence-electron chi connectivity index (χ3n) is 1.83. The van der Waals surface area contributed by atoms with Gasteiger partial charge in [-0.2, -0.15) is 0 Å². The molecule has 70 valence electrons. The van der Waals surface area contributed by atoms with E-state index in [9.17, 15) is 9.90 Å². The molecule has 0 aliphatic rings. The van der Waals surface area contributed by atoms with Crippen molar-refractivity contribution >= 4 is 6.29 Å². The highest BCUT2D eigenvalue weighted by molar-refractivity contribution is 5.49. The van der Waals surface area contributed by atoms with Gasteiger partial charge >= 0.3 is 0 Å². The molecule has 0 aromatic heterocycles. The van der Waals surface area contributed by atoms with Gasteiger partial charge in [0.1, 0.15) is 17.8 Å². The topological polar surface area (TPSA) is 57.5 Å². The van der Waals surface area contributed by atoms with Crippen LogP contribution in [0.1, 0.15) is 18.4 Å². The third-order valence-corrected chi connectivity index (χ3v) is 1.83. The summed E-state index contributed by atoms with van der Waals surface area (Å²) >= 11 is 0. The molecule has 1 aromatic rings. The van der Waals surface area contributed by atoms with Crippen LogP contribution < -0.4 is 0 Å². The first kappa shape index (κ1) is 9.58. The zero-order chi connectivity index (χ0) is 9.68. The number of hydrogen-bond acceptors (Lipinski definition) is 3. The standard InChI is InChI=1S/C10H12O3/c11-6-2-1-3-8-7-9(12)4-5-10(8)13/h4-7,12-13H,1-3H2.